The van der Waals surface area contributed by atoms with Crippen LogP contribution in [0.2, 0.25) is 0 Å². The van der Waals surface area contributed by atoms with Gasteiger partial charge in [0, 0.05) is 17.6 Å². The van der Waals surface area contributed by atoms with Crippen molar-refractivity contribution in [1.82, 2.24) is 0 Å². The standard InChI is InChI=1S/C14H18BrN3/c1-18(13-4-2-3-11(13)9-17)14-6-5-10(8-16)7-12(14)15/h5-7,11,13H,2-4,9,17H2,1H3. The molecule has 1 saturated carbocycles. The third-order valence-electron chi connectivity index (χ3n) is 3.88. The average Bonchev–Trinajstić information content (AvgIpc) is 2.86. The van der Waals surface area contributed by atoms with E-state index in [4.69, 9.17) is 11.0 Å². The van der Waals surface area contributed by atoms with Gasteiger partial charge in [-0.1, -0.05) is 6.42 Å². The number of hydrogen-bond donors (Lipinski definition) is 1. The largest absolute Gasteiger partial charge is 0.370 e. The van der Waals surface area contributed by atoms with Gasteiger partial charge in [-0.3, -0.25) is 0 Å². The Labute approximate surface area is 117 Å². The van der Waals surface area contributed by atoms with E-state index >= 15 is 0 Å². The molecule has 1 aromatic rings. The lowest BCUT2D eigenvalue weighted by Crippen LogP contribution is -2.37. The lowest BCUT2D eigenvalue weighted by Gasteiger charge is -2.31. The zero-order chi connectivity index (χ0) is 13.1. The van der Waals surface area contributed by atoms with Gasteiger partial charge >= 0.3 is 0 Å². The molecule has 1 aromatic carbocycles. The summed E-state index contributed by atoms with van der Waals surface area (Å²) < 4.78 is 0.978. The number of hydrogen-bond acceptors (Lipinski definition) is 3. The Morgan fingerprint density at radius 3 is 2.89 bits per heavy atom. The minimum atomic E-state index is 0.513. The molecule has 0 aromatic heterocycles. The highest BCUT2D eigenvalue weighted by Crippen LogP contribution is 2.35. The molecule has 0 bridgehead atoms. The Morgan fingerprint density at radius 1 is 1.50 bits per heavy atom. The van der Waals surface area contributed by atoms with E-state index in [0.29, 0.717) is 17.5 Å². The summed E-state index contributed by atoms with van der Waals surface area (Å²) >= 11 is 3.55. The molecule has 1 aliphatic rings. The van der Waals surface area contributed by atoms with Crippen LogP contribution < -0.4 is 10.6 Å². The summed E-state index contributed by atoms with van der Waals surface area (Å²) in [5, 5.41) is 8.88. The SMILES string of the molecule is CN(c1ccc(C#N)cc1Br)C1CCCC1CN. The maximum absolute atomic E-state index is 8.88. The molecule has 2 atom stereocenters. The van der Waals surface area contributed by atoms with Crippen LogP contribution >= 0.6 is 15.9 Å². The number of nitrogens with zero attached hydrogens (tertiary/aromatic N) is 2. The van der Waals surface area contributed by atoms with Crippen LogP contribution in [0.4, 0.5) is 5.69 Å². The fourth-order valence-corrected chi connectivity index (χ4v) is 3.50. The van der Waals surface area contributed by atoms with E-state index in [0.717, 1.165) is 16.7 Å². The van der Waals surface area contributed by atoms with E-state index in [1.807, 2.05) is 18.2 Å². The van der Waals surface area contributed by atoms with Gasteiger partial charge in [0.1, 0.15) is 0 Å². The summed E-state index contributed by atoms with van der Waals surface area (Å²) in [5.74, 6) is 0.581. The van der Waals surface area contributed by atoms with Crippen LogP contribution in [-0.2, 0) is 0 Å². The van der Waals surface area contributed by atoms with Crippen molar-refractivity contribution in [1.29, 1.82) is 5.26 Å². The molecule has 96 valence electrons. The highest BCUT2D eigenvalue weighted by Gasteiger charge is 2.30. The first-order valence-electron chi connectivity index (χ1n) is 6.30. The topological polar surface area (TPSA) is 53.0 Å². The second kappa shape index (κ2) is 5.73. The fourth-order valence-electron chi connectivity index (χ4n) is 2.84. The third-order valence-corrected chi connectivity index (χ3v) is 4.51. The molecule has 0 amide bonds. The first-order valence-corrected chi connectivity index (χ1v) is 7.09. The van der Waals surface area contributed by atoms with Crippen LogP contribution in [0, 0.1) is 17.2 Å². The summed E-state index contributed by atoms with van der Waals surface area (Å²) in [6.45, 7) is 0.753. The Bertz CT molecular complexity index is 467. The summed E-state index contributed by atoms with van der Waals surface area (Å²) in [6, 6.07) is 8.41. The lowest BCUT2D eigenvalue weighted by molar-refractivity contribution is 0.474. The number of benzene rings is 1. The maximum Gasteiger partial charge on any atom is 0.0992 e. The molecule has 0 radical (unpaired) electrons. The number of nitrogens with two attached hydrogens (primary N) is 1. The summed E-state index contributed by atoms with van der Waals surface area (Å²) in [6.07, 6.45) is 3.68. The Balaban J connectivity index is 2.23. The van der Waals surface area contributed by atoms with Crippen LogP contribution in [0.1, 0.15) is 24.8 Å². The van der Waals surface area contributed by atoms with E-state index in [2.05, 4.69) is 33.9 Å². The molecule has 3 nitrogen and oxygen atoms in total. The predicted molar refractivity (Wildman–Crippen MR) is 77.4 cm³/mol. The van der Waals surface area contributed by atoms with Gasteiger partial charge in [-0.2, -0.15) is 5.26 Å². The van der Waals surface area contributed by atoms with Gasteiger partial charge in [-0.05, 0) is 59.4 Å². The zero-order valence-electron chi connectivity index (χ0n) is 10.6. The van der Waals surface area contributed by atoms with Crippen LogP contribution in [0.3, 0.4) is 0 Å². The predicted octanol–water partition coefficient (Wildman–Crippen LogP) is 2.88. The van der Waals surface area contributed by atoms with E-state index in [9.17, 15) is 0 Å². The van der Waals surface area contributed by atoms with Crippen molar-refractivity contribution < 1.29 is 0 Å². The molecule has 0 aliphatic heterocycles. The molecule has 4 heteroatoms. The van der Waals surface area contributed by atoms with Crippen molar-refractivity contribution in [2.45, 2.75) is 25.3 Å². The number of halogens is 1. The Morgan fingerprint density at radius 2 is 2.28 bits per heavy atom. The first-order chi connectivity index (χ1) is 8.67. The zero-order valence-corrected chi connectivity index (χ0v) is 12.2. The smallest absolute Gasteiger partial charge is 0.0992 e. The molecule has 0 saturated heterocycles. The molecule has 1 fully saturated rings. The van der Waals surface area contributed by atoms with E-state index in [1.165, 1.54) is 19.3 Å². The van der Waals surface area contributed by atoms with Crippen molar-refractivity contribution in [3.05, 3.63) is 28.2 Å². The van der Waals surface area contributed by atoms with Crippen LogP contribution in [0.15, 0.2) is 22.7 Å². The summed E-state index contributed by atoms with van der Waals surface area (Å²) in [4.78, 5) is 2.30. The number of anilines is 1. The molecule has 18 heavy (non-hydrogen) atoms. The van der Waals surface area contributed by atoms with Crippen molar-refractivity contribution in [3.63, 3.8) is 0 Å². The van der Waals surface area contributed by atoms with E-state index in [1.54, 1.807) is 0 Å². The van der Waals surface area contributed by atoms with Crippen LogP contribution in [-0.4, -0.2) is 19.6 Å². The normalized spacial score (nSPS) is 22.8. The monoisotopic (exact) mass is 307 g/mol. The van der Waals surface area contributed by atoms with E-state index < -0.39 is 0 Å². The van der Waals surface area contributed by atoms with Crippen molar-refractivity contribution in [3.8, 4) is 6.07 Å². The van der Waals surface area contributed by atoms with Crippen molar-refractivity contribution in [2.24, 2.45) is 11.7 Å². The Kier molecular flexibility index (Phi) is 4.26. The molecule has 2 unspecified atom stereocenters. The second-order valence-electron chi connectivity index (χ2n) is 4.88. The molecule has 2 N–H and O–H groups in total. The first kappa shape index (κ1) is 13.4. The quantitative estimate of drug-likeness (QED) is 0.934. The van der Waals surface area contributed by atoms with Crippen molar-refractivity contribution in [2.75, 3.05) is 18.5 Å². The molecule has 1 aliphatic carbocycles. The van der Waals surface area contributed by atoms with Gasteiger partial charge in [-0.15, -0.1) is 0 Å². The molecule has 0 heterocycles. The van der Waals surface area contributed by atoms with Gasteiger partial charge < -0.3 is 10.6 Å². The van der Waals surface area contributed by atoms with E-state index in [-0.39, 0.29) is 0 Å². The highest BCUT2D eigenvalue weighted by molar-refractivity contribution is 9.10. The molecular weight excluding hydrogens is 290 g/mol. The summed E-state index contributed by atoms with van der Waals surface area (Å²) in [7, 11) is 2.12. The van der Waals surface area contributed by atoms with Crippen LogP contribution in [0.25, 0.3) is 0 Å². The minimum Gasteiger partial charge on any atom is -0.370 e. The number of rotatable bonds is 3. The van der Waals surface area contributed by atoms with Gasteiger partial charge in [0.15, 0.2) is 0 Å². The molecule has 0 spiro atoms. The Hall–Kier alpha value is -1.05. The van der Waals surface area contributed by atoms with Crippen LogP contribution in [0.5, 0.6) is 0 Å². The highest BCUT2D eigenvalue weighted by atomic mass is 79.9. The number of nitriles is 1. The molecule has 2 rings (SSSR count). The lowest BCUT2D eigenvalue weighted by atomic mass is 10.0. The van der Waals surface area contributed by atoms with Gasteiger partial charge in [0.25, 0.3) is 0 Å². The third kappa shape index (κ3) is 2.52. The van der Waals surface area contributed by atoms with Gasteiger partial charge in [0.2, 0.25) is 0 Å². The van der Waals surface area contributed by atoms with Gasteiger partial charge in [-0.25, -0.2) is 0 Å². The molecular formula is C14H18BrN3. The summed E-state index contributed by atoms with van der Waals surface area (Å²) in [5.41, 5.74) is 7.66. The minimum absolute atomic E-state index is 0.513. The fraction of sp³-hybridized carbons (Fsp3) is 0.500. The van der Waals surface area contributed by atoms with Crippen molar-refractivity contribution >= 4 is 21.6 Å². The van der Waals surface area contributed by atoms with Gasteiger partial charge in [0.05, 0.1) is 17.3 Å². The maximum atomic E-state index is 8.88. The second-order valence-corrected chi connectivity index (χ2v) is 5.74. The average molecular weight is 308 g/mol.